The summed E-state index contributed by atoms with van der Waals surface area (Å²) in [5.41, 5.74) is 0.661. The molecule has 0 aromatic heterocycles. The molecule has 0 saturated heterocycles. The van der Waals surface area contributed by atoms with Crippen LogP contribution in [0, 0.1) is 0 Å². The quantitative estimate of drug-likeness (QED) is 0.646. The predicted molar refractivity (Wildman–Crippen MR) is 92.3 cm³/mol. The van der Waals surface area contributed by atoms with Gasteiger partial charge in [0.1, 0.15) is 0 Å². The Kier molecular flexibility index (Phi) is 7.11. The highest BCUT2D eigenvalue weighted by atomic mass is 16.2. The van der Waals surface area contributed by atoms with Gasteiger partial charge < -0.3 is 10.2 Å². The van der Waals surface area contributed by atoms with Crippen LogP contribution in [0.25, 0.3) is 0 Å². The number of hydrogen-bond acceptors (Lipinski definition) is 2. The normalized spacial score (nSPS) is 15.7. The lowest BCUT2D eigenvalue weighted by Gasteiger charge is -2.27. The third kappa shape index (κ3) is 5.70. The van der Waals surface area contributed by atoms with Crippen LogP contribution in [-0.4, -0.2) is 36.3 Å². The number of amides is 2. The molecule has 1 aliphatic carbocycles. The fourth-order valence-electron chi connectivity index (χ4n) is 3.16. The van der Waals surface area contributed by atoms with Gasteiger partial charge in [-0.2, -0.15) is 0 Å². The van der Waals surface area contributed by atoms with E-state index in [0.29, 0.717) is 31.0 Å². The van der Waals surface area contributed by atoms with Crippen LogP contribution in [0.15, 0.2) is 30.3 Å². The van der Waals surface area contributed by atoms with E-state index in [1.54, 1.807) is 12.1 Å². The van der Waals surface area contributed by atoms with E-state index in [2.05, 4.69) is 5.32 Å². The minimum absolute atomic E-state index is 0.0739. The average Bonchev–Trinajstić information content (AvgIpc) is 2.87. The van der Waals surface area contributed by atoms with Gasteiger partial charge >= 0.3 is 0 Å². The van der Waals surface area contributed by atoms with Gasteiger partial charge in [-0.05, 0) is 31.4 Å². The fraction of sp³-hybridized carbons (Fsp3) is 0.579. The summed E-state index contributed by atoms with van der Waals surface area (Å²) in [7, 11) is 1.93. The Morgan fingerprint density at radius 3 is 2.39 bits per heavy atom. The maximum absolute atomic E-state index is 12.3. The maximum Gasteiger partial charge on any atom is 0.251 e. The van der Waals surface area contributed by atoms with Crippen molar-refractivity contribution in [1.29, 1.82) is 0 Å². The van der Waals surface area contributed by atoms with Gasteiger partial charge in [0.25, 0.3) is 5.91 Å². The van der Waals surface area contributed by atoms with Crippen molar-refractivity contribution in [3.63, 3.8) is 0 Å². The molecular formula is C19H28N2O2. The van der Waals surface area contributed by atoms with Crippen molar-refractivity contribution in [2.24, 2.45) is 0 Å². The lowest BCUT2D eigenvalue weighted by molar-refractivity contribution is -0.132. The lowest BCUT2D eigenvalue weighted by atomic mass is 10.1. The number of rotatable bonds is 6. The molecular weight excluding hydrogens is 288 g/mol. The maximum atomic E-state index is 12.3. The van der Waals surface area contributed by atoms with Crippen LogP contribution < -0.4 is 5.32 Å². The van der Waals surface area contributed by atoms with E-state index in [4.69, 9.17) is 0 Å². The first-order valence-corrected chi connectivity index (χ1v) is 8.77. The molecule has 4 nitrogen and oxygen atoms in total. The first kappa shape index (κ1) is 17.5. The van der Waals surface area contributed by atoms with Crippen molar-refractivity contribution in [2.75, 3.05) is 13.6 Å². The van der Waals surface area contributed by atoms with E-state index in [0.717, 1.165) is 12.8 Å². The first-order chi connectivity index (χ1) is 11.2. The van der Waals surface area contributed by atoms with Crippen molar-refractivity contribution >= 4 is 11.8 Å². The number of benzene rings is 1. The topological polar surface area (TPSA) is 49.4 Å². The molecule has 1 fully saturated rings. The van der Waals surface area contributed by atoms with Gasteiger partial charge in [0.2, 0.25) is 5.91 Å². The van der Waals surface area contributed by atoms with Crippen LogP contribution in [0.4, 0.5) is 0 Å². The summed E-state index contributed by atoms with van der Waals surface area (Å²) in [6.45, 7) is 0.540. The molecule has 2 rings (SSSR count). The summed E-state index contributed by atoms with van der Waals surface area (Å²) in [4.78, 5) is 26.1. The molecule has 0 unspecified atom stereocenters. The molecule has 126 valence electrons. The lowest BCUT2D eigenvalue weighted by Crippen LogP contribution is -2.37. The number of nitrogens with zero attached hydrogens (tertiary/aromatic N) is 1. The SMILES string of the molecule is CN(C(=O)CCCNC(=O)c1ccccc1)C1CCCCCC1. The molecule has 1 aromatic carbocycles. The van der Waals surface area contributed by atoms with Crippen LogP contribution >= 0.6 is 0 Å². The van der Waals surface area contributed by atoms with E-state index >= 15 is 0 Å². The summed E-state index contributed by atoms with van der Waals surface area (Å²) < 4.78 is 0. The van der Waals surface area contributed by atoms with Crippen LogP contribution in [0.5, 0.6) is 0 Å². The van der Waals surface area contributed by atoms with Gasteiger partial charge in [0, 0.05) is 31.6 Å². The van der Waals surface area contributed by atoms with Gasteiger partial charge in [-0.3, -0.25) is 9.59 Å². The van der Waals surface area contributed by atoms with Gasteiger partial charge in [-0.1, -0.05) is 43.9 Å². The van der Waals surface area contributed by atoms with E-state index in [-0.39, 0.29) is 11.8 Å². The highest BCUT2D eigenvalue weighted by Gasteiger charge is 2.20. The molecule has 0 heterocycles. The molecule has 1 saturated carbocycles. The molecule has 1 aliphatic rings. The highest BCUT2D eigenvalue weighted by molar-refractivity contribution is 5.94. The van der Waals surface area contributed by atoms with E-state index in [1.807, 2.05) is 30.1 Å². The Bertz CT molecular complexity index is 493. The predicted octanol–water partition coefficient (Wildman–Crippen LogP) is 3.38. The molecule has 1 aromatic rings. The zero-order chi connectivity index (χ0) is 16.5. The van der Waals surface area contributed by atoms with E-state index < -0.39 is 0 Å². The summed E-state index contributed by atoms with van der Waals surface area (Å²) in [5, 5.41) is 2.87. The molecule has 0 radical (unpaired) electrons. The second-order valence-corrected chi connectivity index (χ2v) is 6.38. The van der Waals surface area contributed by atoms with Crippen molar-refractivity contribution in [3.05, 3.63) is 35.9 Å². The monoisotopic (exact) mass is 316 g/mol. The Morgan fingerprint density at radius 2 is 1.74 bits per heavy atom. The van der Waals surface area contributed by atoms with Crippen LogP contribution in [0.3, 0.4) is 0 Å². The van der Waals surface area contributed by atoms with Crippen LogP contribution in [-0.2, 0) is 4.79 Å². The van der Waals surface area contributed by atoms with E-state index in [1.165, 1.54) is 25.7 Å². The van der Waals surface area contributed by atoms with Gasteiger partial charge in [0.15, 0.2) is 0 Å². The third-order valence-corrected chi connectivity index (χ3v) is 4.65. The molecule has 0 bridgehead atoms. The zero-order valence-corrected chi connectivity index (χ0v) is 14.1. The zero-order valence-electron chi connectivity index (χ0n) is 14.1. The van der Waals surface area contributed by atoms with Gasteiger partial charge in [-0.25, -0.2) is 0 Å². The average molecular weight is 316 g/mol. The van der Waals surface area contributed by atoms with Crippen molar-refractivity contribution < 1.29 is 9.59 Å². The number of hydrogen-bond donors (Lipinski definition) is 1. The molecule has 0 spiro atoms. The van der Waals surface area contributed by atoms with Gasteiger partial charge in [-0.15, -0.1) is 0 Å². The largest absolute Gasteiger partial charge is 0.352 e. The fourth-order valence-corrected chi connectivity index (χ4v) is 3.16. The second kappa shape index (κ2) is 9.33. The molecule has 0 aliphatic heterocycles. The molecule has 1 N–H and O–H groups in total. The Morgan fingerprint density at radius 1 is 1.09 bits per heavy atom. The summed E-state index contributed by atoms with van der Waals surface area (Å²) in [6.07, 6.45) is 8.51. The van der Waals surface area contributed by atoms with Crippen molar-refractivity contribution in [2.45, 2.75) is 57.4 Å². The Labute approximate surface area is 139 Å². The smallest absolute Gasteiger partial charge is 0.251 e. The second-order valence-electron chi connectivity index (χ2n) is 6.38. The standard InChI is InChI=1S/C19H28N2O2/c1-21(17-12-7-2-3-8-13-17)18(22)14-9-15-20-19(23)16-10-5-4-6-11-16/h4-6,10-11,17H,2-3,7-9,12-15H2,1H3,(H,20,23). The summed E-state index contributed by atoms with van der Waals surface area (Å²) in [5.74, 6) is 0.126. The third-order valence-electron chi connectivity index (χ3n) is 4.65. The van der Waals surface area contributed by atoms with Crippen molar-refractivity contribution in [3.8, 4) is 0 Å². The number of carbonyl (C=O) groups excluding carboxylic acids is 2. The molecule has 23 heavy (non-hydrogen) atoms. The number of carbonyl (C=O) groups is 2. The molecule has 2 amide bonds. The summed E-state index contributed by atoms with van der Waals surface area (Å²) >= 11 is 0. The molecule has 4 heteroatoms. The first-order valence-electron chi connectivity index (χ1n) is 8.77. The van der Waals surface area contributed by atoms with E-state index in [9.17, 15) is 9.59 Å². The van der Waals surface area contributed by atoms with Gasteiger partial charge in [0.05, 0.1) is 0 Å². The number of nitrogens with one attached hydrogen (secondary N) is 1. The van der Waals surface area contributed by atoms with Crippen LogP contribution in [0.2, 0.25) is 0 Å². The Hall–Kier alpha value is -1.84. The summed E-state index contributed by atoms with van der Waals surface area (Å²) in [6, 6.07) is 9.57. The van der Waals surface area contributed by atoms with Crippen LogP contribution in [0.1, 0.15) is 61.7 Å². The van der Waals surface area contributed by atoms with Crippen molar-refractivity contribution in [1.82, 2.24) is 10.2 Å². The minimum atomic E-state index is -0.0739. The Balaban J connectivity index is 1.67. The minimum Gasteiger partial charge on any atom is -0.352 e. The molecule has 0 atom stereocenters. The highest BCUT2D eigenvalue weighted by Crippen LogP contribution is 2.21.